The molecule has 0 amide bonds. The Balaban J connectivity index is 4.69. The predicted molar refractivity (Wildman–Crippen MR) is 59.7 cm³/mol. The van der Waals surface area contributed by atoms with Gasteiger partial charge in [0.05, 0.1) is 0 Å². The van der Waals surface area contributed by atoms with E-state index in [1.165, 1.54) is 0 Å². The van der Waals surface area contributed by atoms with E-state index in [0.29, 0.717) is 5.82 Å². The van der Waals surface area contributed by atoms with Gasteiger partial charge in [-0.1, -0.05) is 19.9 Å². The van der Waals surface area contributed by atoms with E-state index in [9.17, 15) is 0 Å². The van der Waals surface area contributed by atoms with Crippen LogP contribution in [0, 0.1) is 0 Å². The molecule has 0 saturated carbocycles. The average Bonchev–Trinajstić information content (AvgIpc) is 2.15. The zero-order chi connectivity index (χ0) is 10.3. The maximum atomic E-state index is 5.79. The van der Waals surface area contributed by atoms with Crippen molar-refractivity contribution < 1.29 is 0 Å². The molecule has 0 aromatic rings. The van der Waals surface area contributed by atoms with Crippen molar-refractivity contribution in [1.82, 2.24) is 0 Å². The van der Waals surface area contributed by atoms with Crippen LogP contribution in [0.1, 0.15) is 40.5 Å². The standard InChI is InChI=1S/C11H20N2/c1-5-8-10(7-3)13-11(12)9(4)6-2/h5,8H,6-7,12H2,1-4H3/b8-5-,11-9?,13-10-. The molecule has 0 radical (unpaired) electrons. The Morgan fingerprint density at radius 1 is 1.31 bits per heavy atom. The van der Waals surface area contributed by atoms with Gasteiger partial charge in [0.2, 0.25) is 0 Å². The lowest BCUT2D eigenvalue weighted by Gasteiger charge is -2.01. The zero-order valence-electron chi connectivity index (χ0n) is 9.09. The van der Waals surface area contributed by atoms with Crippen molar-refractivity contribution >= 4 is 5.71 Å². The van der Waals surface area contributed by atoms with E-state index in [1.807, 2.05) is 26.0 Å². The Labute approximate surface area is 81.2 Å². The van der Waals surface area contributed by atoms with Crippen LogP contribution < -0.4 is 5.73 Å². The average molecular weight is 180 g/mol. The molecule has 0 aromatic heterocycles. The summed E-state index contributed by atoms with van der Waals surface area (Å²) in [6.45, 7) is 8.16. The smallest absolute Gasteiger partial charge is 0.122 e. The normalized spacial score (nSPS) is 14.9. The molecule has 0 fully saturated rings. The van der Waals surface area contributed by atoms with Gasteiger partial charge in [0, 0.05) is 5.71 Å². The zero-order valence-corrected chi connectivity index (χ0v) is 9.09. The molecular weight excluding hydrogens is 160 g/mol. The summed E-state index contributed by atoms with van der Waals surface area (Å²) in [6.07, 6.45) is 5.86. The third-order valence-electron chi connectivity index (χ3n) is 1.95. The molecule has 0 rings (SSSR count). The van der Waals surface area contributed by atoms with Crippen molar-refractivity contribution in [3.8, 4) is 0 Å². The van der Waals surface area contributed by atoms with Crippen molar-refractivity contribution in [2.24, 2.45) is 10.7 Å². The van der Waals surface area contributed by atoms with Gasteiger partial charge in [-0.05, 0) is 38.3 Å². The van der Waals surface area contributed by atoms with E-state index in [2.05, 4.69) is 18.8 Å². The minimum absolute atomic E-state index is 0.664. The maximum absolute atomic E-state index is 5.79. The Hall–Kier alpha value is -1.05. The lowest BCUT2D eigenvalue weighted by atomic mass is 10.2. The van der Waals surface area contributed by atoms with Gasteiger partial charge in [-0.3, -0.25) is 0 Å². The Kier molecular flexibility index (Phi) is 5.94. The van der Waals surface area contributed by atoms with Crippen molar-refractivity contribution in [3.05, 3.63) is 23.5 Å². The van der Waals surface area contributed by atoms with Gasteiger partial charge in [-0.2, -0.15) is 0 Å². The summed E-state index contributed by atoms with van der Waals surface area (Å²) in [5, 5.41) is 0. The minimum atomic E-state index is 0.664. The van der Waals surface area contributed by atoms with E-state index in [0.717, 1.165) is 24.1 Å². The second-order valence-corrected chi connectivity index (χ2v) is 2.98. The molecule has 74 valence electrons. The highest BCUT2D eigenvalue weighted by molar-refractivity contribution is 5.95. The topological polar surface area (TPSA) is 38.4 Å². The summed E-state index contributed by atoms with van der Waals surface area (Å²) in [7, 11) is 0. The van der Waals surface area contributed by atoms with Crippen molar-refractivity contribution in [3.63, 3.8) is 0 Å². The van der Waals surface area contributed by atoms with E-state index < -0.39 is 0 Å². The highest BCUT2D eigenvalue weighted by Crippen LogP contribution is 2.05. The van der Waals surface area contributed by atoms with Crippen molar-refractivity contribution in [2.75, 3.05) is 0 Å². The van der Waals surface area contributed by atoms with E-state index in [1.54, 1.807) is 0 Å². The molecule has 0 heterocycles. The maximum Gasteiger partial charge on any atom is 0.122 e. The molecule has 2 N–H and O–H groups in total. The second kappa shape index (κ2) is 6.46. The van der Waals surface area contributed by atoms with Crippen LogP contribution in [0.5, 0.6) is 0 Å². The lowest BCUT2D eigenvalue weighted by molar-refractivity contribution is 1.02. The quantitative estimate of drug-likeness (QED) is 0.663. The van der Waals surface area contributed by atoms with Crippen LogP contribution in [0.25, 0.3) is 0 Å². The first-order chi connectivity index (χ1) is 6.15. The summed E-state index contributed by atoms with van der Waals surface area (Å²) >= 11 is 0. The van der Waals surface area contributed by atoms with Crippen molar-refractivity contribution in [2.45, 2.75) is 40.5 Å². The third-order valence-corrected chi connectivity index (χ3v) is 1.95. The number of nitrogens with two attached hydrogens (primary N) is 1. The van der Waals surface area contributed by atoms with Crippen LogP contribution in [0.2, 0.25) is 0 Å². The van der Waals surface area contributed by atoms with Gasteiger partial charge in [-0.15, -0.1) is 0 Å². The lowest BCUT2D eigenvalue weighted by Crippen LogP contribution is -2.01. The van der Waals surface area contributed by atoms with Crippen LogP contribution in [0.3, 0.4) is 0 Å². The fourth-order valence-electron chi connectivity index (χ4n) is 0.858. The van der Waals surface area contributed by atoms with Crippen LogP contribution >= 0.6 is 0 Å². The summed E-state index contributed by atoms with van der Waals surface area (Å²) in [4.78, 5) is 4.34. The molecule has 0 bridgehead atoms. The summed E-state index contributed by atoms with van der Waals surface area (Å²) in [6, 6.07) is 0. The Morgan fingerprint density at radius 2 is 1.92 bits per heavy atom. The van der Waals surface area contributed by atoms with Crippen molar-refractivity contribution in [1.29, 1.82) is 0 Å². The number of hydrogen-bond acceptors (Lipinski definition) is 2. The summed E-state index contributed by atoms with van der Waals surface area (Å²) in [5.41, 5.74) is 7.98. The van der Waals surface area contributed by atoms with Crippen LogP contribution in [-0.4, -0.2) is 5.71 Å². The summed E-state index contributed by atoms with van der Waals surface area (Å²) in [5.74, 6) is 0.664. The highest BCUT2D eigenvalue weighted by atomic mass is 14.9. The number of nitrogens with zero attached hydrogens (tertiary/aromatic N) is 1. The number of allylic oxidation sites excluding steroid dienone is 3. The van der Waals surface area contributed by atoms with E-state index >= 15 is 0 Å². The van der Waals surface area contributed by atoms with Gasteiger partial charge in [-0.25, -0.2) is 4.99 Å². The number of rotatable bonds is 4. The molecule has 0 aliphatic carbocycles. The monoisotopic (exact) mass is 180 g/mol. The molecule has 0 unspecified atom stereocenters. The fraction of sp³-hybridized carbons (Fsp3) is 0.545. The SMILES string of the molecule is C/C=C\C(CC)=N/C(N)=C(C)CC. The van der Waals surface area contributed by atoms with Crippen LogP contribution in [0.15, 0.2) is 28.5 Å². The predicted octanol–water partition coefficient (Wildman–Crippen LogP) is 3.01. The molecule has 2 heteroatoms. The molecular formula is C11H20N2. The highest BCUT2D eigenvalue weighted by Gasteiger charge is 1.94. The molecule has 2 nitrogen and oxygen atoms in total. The van der Waals surface area contributed by atoms with Crippen LogP contribution in [-0.2, 0) is 0 Å². The first kappa shape index (κ1) is 11.9. The van der Waals surface area contributed by atoms with Gasteiger partial charge < -0.3 is 5.73 Å². The fourth-order valence-corrected chi connectivity index (χ4v) is 0.858. The number of aliphatic imine (C=N–C) groups is 1. The Bertz CT molecular complexity index is 234. The molecule has 0 aromatic carbocycles. The largest absolute Gasteiger partial charge is 0.384 e. The molecule has 0 aliphatic heterocycles. The first-order valence-electron chi connectivity index (χ1n) is 4.81. The number of hydrogen-bond donors (Lipinski definition) is 1. The summed E-state index contributed by atoms with van der Waals surface area (Å²) < 4.78 is 0. The van der Waals surface area contributed by atoms with Crippen LogP contribution in [0.4, 0.5) is 0 Å². The first-order valence-corrected chi connectivity index (χ1v) is 4.81. The van der Waals surface area contributed by atoms with E-state index in [-0.39, 0.29) is 0 Å². The minimum Gasteiger partial charge on any atom is -0.384 e. The van der Waals surface area contributed by atoms with E-state index in [4.69, 9.17) is 5.73 Å². The molecule has 0 aliphatic rings. The molecule has 0 atom stereocenters. The molecule has 0 saturated heterocycles. The molecule has 0 spiro atoms. The van der Waals surface area contributed by atoms with Gasteiger partial charge in [0.25, 0.3) is 0 Å². The molecule has 13 heavy (non-hydrogen) atoms. The second-order valence-electron chi connectivity index (χ2n) is 2.98. The van der Waals surface area contributed by atoms with Gasteiger partial charge in [0.15, 0.2) is 0 Å². The third kappa shape index (κ3) is 4.51. The Morgan fingerprint density at radius 3 is 2.31 bits per heavy atom. The van der Waals surface area contributed by atoms with Gasteiger partial charge in [0.1, 0.15) is 5.82 Å². The van der Waals surface area contributed by atoms with Gasteiger partial charge >= 0.3 is 0 Å².